The minimum absolute atomic E-state index is 0.190. The summed E-state index contributed by atoms with van der Waals surface area (Å²) in [5, 5.41) is 0. The van der Waals surface area contributed by atoms with Crippen molar-refractivity contribution in [1.29, 1.82) is 0 Å². The fourth-order valence-electron chi connectivity index (χ4n) is 2.53. The zero-order valence-electron chi connectivity index (χ0n) is 23.6. The van der Waals surface area contributed by atoms with Gasteiger partial charge >= 0.3 is 15.0 Å². The van der Waals surface area contributed by atoms with Crippen molar-refractivity contribution in [3.8, 4) is 0 Å². The zero-order valence-corrected chi connectivity index (χ0v) is 30.0. The summed E-state index contributed by atoms with van der Waals surface area (Å²) in [6, 6.07) is 0. The molecule has 0 spiro atoms. The monoisotopic (exact) mass is 570 g/mol. The van der Waals surface area contributed by atoms with E-state index in [1.807, 2.05) is 13.8 Å². The lowest BCUT2D eigenvalue weighted by Crippen LogP contribution is -2.65. The van der Waals surface area contributed by atoms with E-state index in [0.717, 1.165) is 6.42 Å². The average molecular weight is 571 g/mol. The Morgan fingerprint density at radius 3 is 1.55 bits per heavy atom. The van der Waals surface area contributed by atoms with Gasteiger partial charge in [-0.25, -0.2) is 4.79 Å². The lowest BCUT2D eigenvalue weighted by atomic mass is 10.4. The summed E-state index contributed by atoms with van der Waals surface area (Å²) in [7, 11) is -13.0. The molecule has 0 aliphatic rings. The van der Waals surface area contributed by atoms with Crippen LogP contribution in [0.4, 0.5) is 0 Å². The third kappa shape index (κ3) is 14.5. The first-order chi connectivity index (χ1) is 14.5. The van der Waals surface area contributed by atoms with Gasteiger partial charge in [-0.15, -0.1) is 0 Å². The molecule has 0 fully saturated rings. The fourth-order valence-corrected chi connectivity index (χ4v) is 19.6. The summed E-state index contributed by atoms with van der Waals surface area (Å²) in [6.07, 6.45) is 0.722. The van der Waals surface area contributed by atoms with Crippen molar-refractivity contribution < 1.29 is 30.4 Å². The topological polar surface area (TPSA) is 72.5 Å². The Balaban J connectivity index is 5.77. The van der Waals surface area contributed by atoms with E-state index < -0.39 is 52.1 Å². The number of carbonyl (C=O) groups is 1. The normalized spacial score (nSPS) is 16.2. The highest BCUT2D eigenvalue weighted by Crippen LogP contribution is 2.30. The third-order valence-electron chi connectivity index (χ3n) is 4.31. The summed E-state index contributed by atoms with van der Waals surface area (Å²) in [5.74, 6) is -0.358. The molecular formula is C20H50O7Si6. The standard InChI is InChI=1S/C20H50O7Si6/c1-16-19(22-20(21)17(2)3)28-24-32(14,15)18(4)23-33(25-29(5,6)7,26-30(8,9)10)27-31(11,12)13/h18-19H,2,16,28H2,1,3-15H3. The van der Waals surface area contributed by atoms with Gasteiger partial charge in [-0.05, 0) is 92.3 Å². The smallest absolute Gasteiger partial charge is 0.461 e. The Hall–Kier alpha value is 0.311. The van der Waals surface area contributed by atoms with Crippen LogP contribution in [0.15, 0.2) is 12.2 Å². The van der Waals surface area contributed by atoms with Crippen molar-refractivity contribution in [2.75, 3.05) is 0 Å². The Labute approximate surface area is 210 Å². The molecule has 0 saturated carbocycles. The van der Waals surface area contributed by atoms with Gasteiger partial charge in [0, 0.05) is 5.57 Å². The van der Waals surface area contributed by atoms with E-state index >= 15 is 0 Å². The van der Waals surface area contributed by atoms with E-state index in [4.69, 9.17) is 25.6 Å². The number of hydrogen-bond acceptors (Lipinski definition) is 7. The van der Waals surface area contributed by atoms with Gasteiger partial charge in [-0.1, -0.05) is 13.5 Å². The van der Waals surface area contributed by atoms with Crippen molar-refractivity contribution in [2.45, 2.75) is 111 Å². The average Bonchev–Trinajstić information content (AvgIpc) is 2.52. The largest absolute Gasteiger partial charge is 0.647 e. The molecule has 2 atom stereocenters. The SMILES string of the molecule is C=C(C)C(=O)OC(CC)[SiH2]O[Si](C)(C)C(C)O[Si](O[Si](C)(C)C)(O[Si](C)(C)C)O[Si](C)(C)C. The van der Waals surface area contributed by atoms with Crippen LogP contribution in [0.2, 0.25) is 72.0 Å². The molecule has 0 N–H and O–H groups in total. The molecule has 0 aromatic heterocycles. The van der Waals surface area contributed by atoms with Crippen molar-refractivity contribution in [3.05, 3.63) is 12.2 Å². The summed E-state index contributed by atoms with van der Waals surface area (Å²) in [5.41, 5.74) is 0.00173. The van der Waals surface area contributed by atoms with Crippen LogP contribution in [-0.4, -0.2) is 69.5 Å². The highest BCUT2D eigenvalue weighted by molar-refractivity contribution is 6.88. The molecule has 0 rings (SSSR count). The van der Waals surface area contributed by atoms with Gasteiger partial charge < -0.3 is 25.6 Å². The number of carbonyl (C=O) groups excluding carboxylic acids is 1. The first kappa shape index (κ1) is 33.3. The molecule has 0 aromatic carbocycles. The maximum absolute atomic E-state index is 12.0. The second kappa shape index (κ2) is 12.5. The maximum Gasteiger partial charge on any atom is 0.647 e. The quantitative estimate of drug-likeness (QED) is 0.154. The lowest BCUT2D eigenvalue weighted by molar-refractivity contribution is -0.141. The van der Waals surface area contributed by atoms with Crippen LogP contribution in [0, 0.1) is 0 Å². The van der Waals surface area contributed by atoms with Crippen LogP contribution < -0.4 is 0 Å². The lowest BCUT2D eigenvalue weighted by Gasteiger charge is -2.44. The van der Waals surface area contributed by atoms with Crippen molar-refractivity contribution >= 4 is 58.0 Å². The van der Waals surface area contributed by atoms with E-state index in [0.29, 0.717) is 5.57 Å². The second-order valence-corrected chi connectivity index (χ2v) is 34.8. The van der Waals surface area contributed by atoms with Gasteiger partial charge in [0.25, 0.3) is 0 Å². The minimum Gasteiger partial charge on any atom is -0.461 e. The third-order valence-corrected chi connectivity index (χ3v) is 22.4. The highest BCUT2D eigenvalue weighted by Gasteiger charge is 2.56. The maximum atomic E-state index is 12.0. The van der Waals surface area contributed by atoms with Crippen molar-refractivity contribution in [1.82, 2.24) is 0 Å². The molecular weight excluding hydrogens is 521 g/mol. The van der Waals surface area contributed by atoms with Gasteiger partial charge in [0.15, 0.2) is 34.7 Å². The summed E-state index contributed by atoms with van der Waals surface area (Å²) in [4.78, 5) is 12.0. The first-order valence-corrected chi connectivity index (χ1v) is 28.0. The van der Waals surface area contributed by atoms with E-state index in [1.165, 1.54) is 0 Å². The summed E-state index contributed by atoms with van der Waals surface area (Å²) < 4.78 is 38.7. The highest BCUT2D eigenvalue weighted by atomic mass is 28.5. The molecule has 33 heavy (non-hydrogen) atoms. The van der Waals surface area contributed by atoms with Crippen molar-refractivity contribution in [3.63, 3.8) is 0 Å². The predicted octanol–water partition coefficient (Wildman–Crippen LogP) is 5.08. The Kier molecular flexibility index (Phi) is 12.6. The van der Waals surface area contributed by atoms with E-state index in [9.17, 15) is 4.79 Å². The molecule has 2 unspecified atom stereocenters. The zero-order chi connectivity index (χ0) is 26.5. The van der Waals surface area contributed by atoms with Gasteiger partial charge in [0.2, 0.25) is 8.32 Å². The van der Waals surface area contributed by atoms with E-state index in [-0.39, 0.29) is 17.4 Å². The van der Waals surface area contributed by atoms with Crippen LogP contribution in [0.3, 0.4) is 0 Å². The Bertz CT molecular complexity index is 612. The van der Waals surface area contributed by atoms with E-state index in [2.05, 4.69) is 78.6 Å². The van der Waals surface area contributed by atoms with Crippen LogP contribution in [-0.2, 0) is 30.4 Å². The number of esters is 1. The summed E-state index contributed by atoms with van der Waals surface area (Å²) >= 11 is 0. The summed E-state index contributed by atoms with van der Waals surface area (Å²) in [6.45, 7) is 32.9. The molecule has 0 aromatic rings. The van der Waals surface area contributed by atoms with Gasteiger partial charge in [0.05, 0.1) is 5.73 Å². The predicted molar refractivity (Wildman–Crippen MR) is 152 cm³/mol. The number of hydrogen-bond donors (Lipinski definition) is 0. The van der Waals surface area contributed by atoms with Crippen LogP contribution >= 0.6 is 0 Å². The van der Waals surface area contributed by atoms with Crippen LogP contribution in [0.25, 0.3) is 0 Å². The van der Waals surface area contributed by atoms with Crippen LogP contribution in [0.1, 0.15) is 27.2 Å². The van der Waals surface area contributed by atoms with Crippen molar-refractivity contribution in [2.24, 2.45) is 0 Å². The molecule has 0 radical (unpaired) electrons. The molecule has 7 nitrogen and oxygen atoms in total. The Morgan fingerprint density at radius 1 is 0.848 bits per heavy atom. The molecule has 0 aliphatic heterocycles. The van der Waals surface area contributed by atoms with Crippen LogP contribution in [0.5, 0.6) is 0 Å². The molecule has 0 saturated heterocycles. The number of ether oxygens (including phenoxy) is 1. The van der Waals surface area contributed by atoms with Gasteiger partial charge in [-0.2, -0.15) is 0 Å². The second-order valence-electron chi connectivity index (χ2n) is 12.0. The fraction of sp³-hybridized carbons (Fsp3) is 0.850. The number of rotatable bonds is 15. The van der Waals surface area contributed by atoms with Gasteiger partial charge in [-0.3, -0.25) is 0 Å². The molecule has 0 amide bonds. The molecule has 0 aliphatic carbocycles. The van der Waals surface area contributed by atoms with E-state index in [1.54, 1.807) is 6.92 Å². The van der Waals surface area contributed by atoms with Gasteiger partial charge in [0.1, 0.15) is 5.73 Å². The molecule has 196 valence electrons. The Morgan fingerprint density at radius 2 is 1.24 bits per heavy atom. The minimum atomic E-state index is -3.42. The molecule has 0 heterocycles. The molecule has 13 heteroatoms. The first-order valence-electron chi connectivity index (χ1n) is 11.8. The molecule has 0 bridgehead atoms.